The van der Waals surface area contributed by atoms with Gasteiger partial charge in [-0.3, -0.25) is 0 Å². The van der Waals surface area contributed by atoms with Crippen molar-refractivity contribution in [3.63, 3.8) is 0 Å². The Kier molecular flexibility index (Phi) is 3.38. The van der Waals surface area contributed by atoms with Crippen molar-refractivity contribution in [2.45, 2.75) is 64.9 Å². The molecule has 3 fully saturated rings. The second kappa shape index (κ2) is 4.83. The third-order valence-corrected chi connectivity index (χ3v) is 8.73. The molecule has 3 nitrogen and oxygen atoms in total. The molecule has 0 aromatic rings. The fourth-order valence-electron chi connectivity index (χ4n) is 7.41. The van der Waals surface area contributed by atoms with Gasteiger partial charge in [0.25, 0.3) is 0 Å². The summed E-state index contributed by atoms with van der Waals surface area (Å²) in [4.78, 5) is 0. The molecule has 4 aliphatic rings. The topological polar surface area (TPSA) is 60.7 Å². The van der Waals surface area contributed by atoms with Gasteiger partial charge >= 0.3 is 0 Å². The lowest BCUT2D eigenvalue weighted by atomic mass is 9.40. The summed E-state index contributed by atoms with van der Waals surface area (Å²) in [6.45, 7) is 4.90. The summed E-state index contributed by atoms with van der Waals surface area (Å²) in [5, 5.41) is 30.5. The van der Waals surface area contributed by atoms with Crippen LogP contribution in [0.2, 0.25) is 0 Å². The van der Waals surface area contributed by atoms with Gasteiger partial charge in [0, 0.05) is 10.8 Å². The molecule has 0 aromatic heterocycles. The molecule has 0 aliphatic heterocycles. The van der Waals surface area contributed by atoms with E-state index in [4.69, 9.17) is 0 Å². The second-order valence-electron chi connectivity index (χ2n) is 9.67. The van der Waals surface area contributed by atoms with Crippen LogP contribution >= 0.6 is 0 Å². The van der Waals surface area contributed by atoms with Crippen LogP contribution in [0.1, 0.15) is 58.8 Å². The molecule has 0 radical (unpaired) electrons. The Morgan fingerprint density at radius 1 is 0.913 bits per heavy atom. The van der Waals surface area contributed by atoms with E-state index in [1.54, 1.807) is 0 Å². The molecule has 0 amide bonds. The van der Waals surface area contributed by atoms with Crippen LogP contribution in [0.5, 0.6) is 0 Å². The van der Waals surface area contributed by atoms with Crippen LogP contribution in [0, 0.1) is 33.5 Å². The fraction of sp³-hybridized carbons (Fsp3) is 0.900. The van der Waals surface area contributed by atoms with E-state index in [1.165, 1.54) is 6.42 Å². The molecular weight excluding hydrogens is 288 g/mol. The minimum atomic E-state index is -0.376. The number of allylic oxidation sites excluding steroid dienone is 1. The van der Waals surface area contributed by atoms with Gasteiger partial charge in [-0.25, -0.2) is 0 Å². The van der Waals surface area contributed by atoms with E-state index in [0.29, 0.717) is 11.8 Å². The summed E-state index contributed by atoms with van der Waals surface area (Å²) in [5.41, 5.74) is 0.132. The predicted octanol–water partition coefficient (Wildman–Crippen LogP) is 2.89. The summed E-state index contributed by atoms with van der Waals surface area (Å²) in [5.74, 6) is 1.03. The van der Waals surface area contributed by atoms with Crippen molar-refractivity contribution in [3.8, 4) is 0 Å². The van der Waals surface area contributed by atoms with Crippen LogP contribution in [-0.4, -0.2) is 34.6 Å². The van der Waals surface area contributed by atoms with Crippen molar-refractivity contribution < 1.29 is 15.3 Å². The van der Waals surface area contributed by atoms with E-state index in [9.17, 15) is 15.3 Å². The normalized spacial score (nSPS) is 57.9. The first kappa shape index (κ1) is 16.1. The van der Waals surface area contributed by atoms with E-state index < -0.39 is 0 Å². The first-order chi connectivity index (χ1) is 10.8. The standard InChI is InChI=1S/C20H32O3/c1-17-6-5-16(23)18(2,12-21)14(17)4-8-20-10-9-19(11-20,13-22)7-3-15(17)20/h9-10,14-16,21-23H,3-8,11-13H2,1-2H3. The average Bonchev–Trinajstić information content (AvgIpc) is 2.83. The minimum absolute atomic E-state index is 0.0359. The molecule has 0 heterocycles. The molecular formula is C20H32O3. The van der Waals surface area contributed by atoms with Gasteiger partial charge in [0.2, 0.25) is 0 Å². The number of hydrogen-bond acceptors (Lipinski definition) is 3. The fourth-order valence-corrected chi connectivity index (χ4v) is 7.41. The summed E-state index contributed by atoms with van der Waals surface area (Å²) in [6, 6.07) is 0. The molecule has 4 rings (SSSR count). The number of aliphatic hydroxyl groups is 3. The maximum atomic E-state index is 10.6. The number of hydrogen-bond donors (Lipinski definition) is 3. The molecule has 3 heteroatoms. The largest absolute Gasteiger partial charge is 0.396 e. The Labute approximate surface area is 139 Å². The molecule has 0 aromatic carbocycles. The first-order valence-electron chi connectivity index (χ1n) is 9.44. The Bertz CT molecular complexity index is 531. The molecule has 4 aliphatic carbocycles. The van der Waals surface area contributed by atoms with Crippen LogP contribution in [0.3, 0.4) is 0 Å². The van der Waals surface area contributed by atoms with Crippen LogP contribution in [0.4, 0.5) is 0 Å². The molecule has 1 spiro atoms. The maximum absolute atomic E-state index is 10.6. The molecule has 7 atom stereocenters. The summed E-state index contributed by atoms with van der Waals surface area (Å²) in [7, 11) is 0. The second-order valence-corrected chi connectivity index (χ2v) is 9.67. The average molecular weight is 320 g/mol. The first-order valence-corrected chi connectivity index (χ1v) is 9.44. The SMILES string of the molecule is CC1(CO)C(O)CCC2(C)C3CCC4(CO)C=CC3(CCC12)C4. The number of aliphatic hydroxyl groups excluding tert-OH is 3. The third-order valence-electron chi connectivity index (χ3n) is 8.73. The zero-order valence-electron chi connectivity index (χ0n) is 14.6. The van der Waals surface area contributed by atoms with Crippen LogP contribution in [0.15, 0.2) is 12.2 Å². The van der Waals surface area contributed by atoms with E-state index in [2.05, 4.69) is 26.0 Å². The highest BCUT2D eigenvalue weighted by Crippen LogP contribution is 2.71. The molecule has 7 unspecified atom stereocenters. The van der Waals surface area contributed by atoms with Gasteiger partial charge in [0.15, 0.2) is 0 Å². The molecule has 2 bridgehead atoms. The Morgan fingerprint density at radius 2 is 1.65 bits per heavy atom. The lowest BCUT2D eigenvalue weighted by molar-refractivity contribution is -0.195. The zero-order chi connectivity index (χ0) is 16.5. The molecule has 3 N–H and O–H groups in total. The van der Waals surface area contributed by atoms with Crippen LogP contribution in [-0.2, 0) is 0 Å². The quantitative estimate of drug-likeness (QED) is 0.686. The van der Waals surface area contributed by atoms with Crippen molar-refractivity contribution in [2.24, 2.45) is 33.5 Å². The van der Waals surface area contributed by atoms with E-state index in [1.807, 2.05) is 0 Å². The van der Waals surface area contributed by atoms with Gasteiger partial charge in [-0.2, -0.15) is 0 Å². The van der Waals surface area contributed by atoms with Crippen molar-refractivity contribution in [1.82, 2.24) is 0 Å². The van der Waals surface area contributed by atoms with Crippen LogP contribution in [0.25, 0.3) is 0 Å². The van der Waals surface area contributed by atoms with Crippen molar-refractivity contribution >= 4 is 0 Å². The van der Waals surface area contributed by atoms with Gasteiger partial charge < -0.3 is 15.3 Å². The Hall–Kier alpha value is -0.380. The third kappa shape index (κ3) is 1.88. The summed E-state index contributed by atoms with van der Waals surface area (Å²) < 4.78 is 0. The monoisotopic (exact) mass is 320 g/mol. The van der Waals surface area contributed by atoms with Crippen molar-refractivity contribution in [3.05, 3.63) is 12.2 Å². The van der Waals surface area contributed by atoms with Gasteiger partial charge in [0.05, 0.1) is 19.3 Å². The molecule has 23 heavy (non-hydrogen) atoms. The highest BCUT2D eigenvalue weighted by molar-refractivity contribution is 5.26. The Morgan fingerprint density at radius 3 is 2.35 bits per heavy atom. The molecule has 3 saturated carbocycles. The minimum Gasteiger partial charge on any atom is -0.396 e. The van der Waals surface area contributed by atoms with Gasteiger partial charge in [-0.05, 0) is 67.6 Å². The number of fused-ring (bicyclic) bond motifs is 3. The lowest BCUT2D eigenvalue weighted by Gasteiger charge is -2.65. The highest BCUT2D eigenvalue weighted by Gasteiger charge is 2.65. The van der Waals surface area contributed by atoms with Gasteiger partial charge in [-0.15, -0.1) is 0 Å². The van der Waals surface area contributed by atoms with E-state index in [-0.39, 0.29) is 41.0 Å². The van der Waals surface area contributed by atoms with Crippen LogP contribution < -0.4 is 0 Å². The maximum Gasteiger partial charge on any atom is 0.0618 e. The summed E-state index contributed by atoms with van der Waals surface area (Å²) >= 11 is 0. The molecule has 0 saturated heterocycles. The van der Waals surface area contributed by atoms with Gasteiger partial charge in [-0.1, -0.05) is 26.0 Å². The highest BCUT2D eigenvalue weighted by atomic mass is 16.3. The van der Waals surface area contributed by atoms with Gasteiger partial charge in [0.1, 0.15) is 0 Å². The Balaban J connectivity index is 1.72. The zero-order valence-corrected chi connectivity index (χ0v) is 14.6. The molecule has 130 valence electrons. The van der Waals surface area contributed by atoms with Crippen molar-refractivity contribution in [1.29, 1.82) is 0 Å². The van der Waals surface area contributed by atoms with E-state index in [0.717, 1.165) is 38.5 Å². The number of rotatable bonds is 2. The summed E-state index contributed by atoms with van der Waals surface area (Å²) in [6.07, 6.45) is 11.9. The van der Waals surface area contributed by atoms with Crippen molar-refractivity contribution in [2.75, 3.05) is 13.2 Å². The lowest BCUT2D eigenvalue weighted by Crippen LogP contribution is -2.61. The predicted molar refractivity (Wildman–Crippen MR) is 89.7 cm³/mol. The van der Waals surface area contributed by atoms with E-state index >= 15 is 0 Å². The smallest absolute Gasteiger partial charge is 0.0618 e.